The maximum Gasteiger partial charge on any atom is 0.131 e. The summed E-state index contributed by atoms with van der Waals surface area (Å²) >= 11 is 0. The Morgan fingerprint density at radius 3 is 2.75 bits per heavy atom. The third-order valence-corrected chi connectivity index (χ3v) is 2.65. The van der Waals surface area contributed by atoms with Crippen molar-refractivity contribution in [2.24, 2.45) is 5.73 Å². The standard InChI is InChI=1S/C13H17NO2/c1-13(2)7-9(8-14)11-5-4-10(15-3)6-12(11)16-13/h4-7H,8,14H2,1-3H3. The molecule has 2 rings (SSSR count). The van der Waals surface area contributed by atoms with Gasteiger partial charge in [0.25, 0.3) is 0 Å². The Morgan fingerprint density at radius 2 is 2.12 bits per heavy atom. The SMILES string of the molecule is COc1ccc2c(c1)OC(C)(C)C=C2CN. The van der Waals surface area contributed by atoms with Crippen LogP contribution in [0.2, 0.25) is 0 Å². The highest BCUT2D eigenvalue weighted by Crippen LogP contribution is 2.37. The molecule has 1 aliphatic rings. The molecule has 0 saturated heterocycles. The van der Waals surface area contributed by atoms with E-state index in [0.717, 1.165) is 22.6 Å². The first kappa shape index (κ1) is 11.0. The Kier molecular flexibility index (Phi) is 2.64. The summed E-state index contributed by atoms with van der Waals surface area (Å²) in [5.41, 5.74) is 7.62. The number of hydrogen-bond donors (Lipinski definition) is 1. The summed E-state index contributed by atoms with van der Waals surface area (Å²) < 4.78 is 11.1. The second kappa shape index (κ2) is 3.83. The highest BCUT2D eigenvalue weighted by Gasteiger charge is 2.26. The molecule has 0 aliphatic carbocycles. The molecule has 86 valence electrons. The number of fused-ring (bicyclic) bond motifs is 1. The fraction of sp³-hybridized carbons (Fsp3) is 0.385. The molecule has 0 radical (unpaired) electrons. The van der Waals surface area contributed by atoms with Gasteiger partial charge in [-0.2, -0.15) is 0 Å². The van der Waals surface area contributed by atoms with Crippen molar-refractivity contribution >= 4 is 5.57 Å². The number of hydrogen-bond acceptors (Lipinski definition) is 3. The summed E-state index contributed by atoms with van der Waals surface area (Å²) in [6.45, 7) is 4.56. The molecule has 3 nitrogen and oxygen atoms in total. The smallest absolute Gasteiger partial charge is 0.131 e. The largest absolute Gasteiger partial charge is 0.497 e. The lowest BCUT2D eigenvalue weighted by atomic mass is 9.95. The second-order valence-corrected chi connectivity index (χ2v) is 4.44. The number of rotatable bonds is 2. The maximum atomic E-state index is 5.88. The zero-order chi connectivity index (χ0) is 11.8. The Hall–Kier alpha value is -1.48. The van der Waals surface area contributed by atoms with Crippen molar-refractivity contribution in [3.63, 3.8) is 0 Å². The summed E-state index contributed by atoms with van der Waals surface area (Å²) in [5.74, 6) is 1.64. The van der Waals surface area contributed by atoms with Gasteiger partial charge in [0, 0.05) is 18.2 Å². The fourth-order valence-electron chi connectivity index (χ4n) is 1.96. The molecular formula is C13H17NO2. The normalized spacial score (nSPS) is 17.1. The van der Waals surface area contributed by atoms with Crippen LogP contribution < -0.4 is 15.2 Å². The molecule has 16 heavy (non-hydrogen) atoms. The Balaban J connectivity index is 2.51. The van der Waals surface area contributed by atoms with Crippen LogP contribution in [0.1, 0.15) is 19.4 Å². The first-order chi connectivity index (χ1) is 7.55. The Bertz CT molecular complexity index is 436. The van der Waals surface area contributed by atoms with Crippen molar-refractivity contribution in [2.75, 3.05) is 13.7 Å². The molecule has 1 heterocycles. The third kappa shape index (κ3) is 1.91. The molecule has 0 amide bonds. The first-order valence-corrected chi connectivity index (χ1v) is 5.35. The van der Waals surface area contributed by atoms with Crippen LogP contribution in [-0.2, 0) is 0 Å². The molecule has 2 N–H and O–H groups in total. The number of benzene rings is 1. The summed E-state index contributed by atoms with van der Waals surface area (Å²) in [5, 5.41) is 0. The fourth-order valence-corrected chi connectivity index (χ4v) is 1.96. The van der Waals surface area contributed by atoms with Gasteiger partial charge in [0.1, 0.15) is 17.1 Å². The lowest BCUT2D eigenvalue weighted by molar-refractivity contribution is 0.157. The van der Waals surface area contributed by atoms with E-state index in [2.05, 4.69) is 6.08 Å². The van der Waals surface area contributed by atoms with Gasteiger partial charge in [-0.1, -0.05) is 0 Å². The van der Waals surface area contributed by atoms with Crippen molar-refractivity contribution in [1.29, 1.82) is 0 Å². The summed E-state index contributed by atoms with van der Waals surface area (Å²) in [7, 11) is 1.65. The minimum absolute atomic E-state index is 0.311. The van der Waals surface area contributed by atoms with Crippen molar-refractivity contribution in [1.82, 2.24) is 0 Å². The molecular weight excluding hydrogens is 202 g/mol. The van der Waals surface area contributed by atoms with E-state index in [1.54, 1.807) is 7.11 Å². The average Bonchev–Trinajstić information content (AvgIpc) is 2.25. The van der Waals surface area contributed by atoms with E-state index in [1.807, 2.05) is 32.0 Å². The monoisotopic (exact) mass is 219 g/mol. The highest BCUT2D eigenvalue weighted by molar-refractivity contribution is 5.75. The van der Waals surface area contributed by atoms with Crippen LogP contribution in [0.4, 0.5) is 0 Å². The van der Waals surface area contributed by atoms with E-state index >= 15 is 0 Å². The first-order valence-electron chi connectivity index (χ1n) is 5.35. The van der Waals surface area contributed by atoms with Gasteiger partial charge in [-0.25, -0.2) is 0 Å². The van der Waals surface area contributed by atoms with Crippen LogP contribution in [0.3, 0.4) is 0 Å². The van der Waals surface area contributed by atoms with Crippen LogP contribution in [-0.4, -0.2) is 19.3 Å². The summed E-state index contributed by atoms with van der Waals surface area (Å²) in [6, 6.07) is 5.81. The van der Waals surface area contributed by atoms with Gasteiger partial charge in [-0.05, 0) is 37.6 Å². The van der Waals surface area contributed by atoms with Crippen LogP contribution in [0, 0.1) is 0 Å². The quantitative estimate of drug-likeness (QED) is 0.829. The van der Waals surface area contributed by atoms with E-state index in [-0.39, 0.29) is 5.60 Å². The minimum Gasteiger partial charge on any atom is -0.497 e. The summed E-state index contributed by atoms with van der Waals surface area (Å²) in [6.07, 6.45) is 2.07. The maximum absolute atomic E-state index is 5.88. The van der Waals surface area contributed by atoms with Gasteiger partial charge in [-0.15, -0.1) is 0 Å². The average molecular weight is 219 g/mol. The molecule has 0 atom stereocenters. The molecule has 0 fully saturated rings. The lowest BCUT2D eigenvalue weighted by Gasteiger charge is -2.31. The van der Waals surface area contributed by atoms with Gasteiger partial charge >= 0.3 is 0 Å². The predicted molar refractivity (Wildman–Crippen MR) is 64.7 cm³/mol. The third-order valence-electron chi connectivity index (χ3n) is 2.65. The molecule has 0 aromatic heterocycles. The van der Waals surface area contributed by atoms with Crippen molar-refractivity contribution < 1.29 is 9.47 Å². The van der Waals surface area contributed by atoms with Gasteiger partial charge in [0.15, 0.2) is 0 Å². The van der Waals surface area contributed by atoms with Crippen LogP contribution >= 0.6 is 0 Å². The van der Waals surface area contributed by atoms with E-state index in [1.165, 1.54) is 0 Å². The second-order valence-electron chi connectivity index (χ2n) is 4.44. The van der Waals surface area contributed by atoms with Crippen LogP contribution in [0.5, 0.6) is 11.5 Å². The van der Waals surface area contributed by atoms with E-state index in [4.69, 9.17) is 15.2 Å². The molecule has 0 spiro atoms. The zero-order valence-corrected chi connectivity index (χ0v) is 9.91. The molecule has 1 aromatic rings. The van der Waals surface area contributed by atoms with Crippen LogP contribution in [0.25, 0.3) is 5.57 Å². The molecule has 1 aromatic carbocycles. The zero-order valence-electron chi connectivity index (χ0n) is 9.91. The van der Waals surface area contributed by atoms with Gasteiger partial charge < -0.3 is 15.2 Å². The Morgan fingerprint density at radius 1 is 1.38 bits per heavy atom. The number of ether oxygens (including phenoxy) is 2. The van der Waals surface area contributed by atoms with E-state index in [0.29, 0.717) is 6.54 Å². The molecule has 0 saturated carbocycles. The van der Waals surface area contributed by atoms with Crippen molar-refractivity contribution in [3.05, 3.63) is 29.8 Å². The highest BCUT2D eigenvalue weighted by atomic mass is 16.5. The minimum atomic E-state index is -0.311. The van der Waals surface area contributed by atoms with Gasteiger partial charge in [0.2, 0.25) is 0 Å². The topological polar surface area (TPSA) is 44.5 Å². The van der Waals surface area contributed by atoms with E-state index < -0.39 is 0 Å². The lowest BCUT2D eigenvalue weighted by Crippen LogP contribution is -2.30. The summed E-state index contributed by atoms with van der Waals surface area (Å²) in [4.78, 5) is 0. The van der Waals surface area contributed by atoms with Gasteiger partial charge in [-0.3, -0.25) is 0 Å². The molecule has 3 heteroatoms. The Labute approximate surface area is 95.9 Å². The predicted octanol–water partition coefficient (Wildman–Crippen LogP) is 2.21. The van der Waals surface area contributed by atoms with Crippen LogP contribution in [0.15, 0.2) is 24.3 Å². The molecule has 0 unspecified atom stereocenters. The van der Waals surface area contributed by atoms with Crippen molar-refractivity contribution in [3.8, 4) is 11.5 Å². The number of methoxy groups -OCH3 is 1. The molecule has 0 bridgehead atoms. The van der Waals surface area contributed by atoms with Crippen molar-refractivity contribution in [2.45, 2.75) is 19.4 Å². The number of nitrogens with two attached hydrogens (primary N) is 1. The van der Waals surface area contributed by atoms with Gasteiger partial charge in [0.05, 0.1) is 7.11 Å². The van der Waals surface area contributed by atoms with E-state index in [9.17, 15) is 0 Å². The molecule has 1 aliphatic heterocycles.